The molecule has 0 fully saturated rings. The highest BCUT2D eigenvalue weighted by Crippen LogP contribution is 2.13. The van der Waals surface area contributed by atoms with Crippen LogP contribution in [0.3, 0.4) is 0 Å². The van der Waals surface area contributed by atoms with Gasteiger partial charge in [-0.25, -0.2) is 5.43 Å². The zero-order chi connectivity index (χ0) is 21.2. The Hall–Kier alpha value is -4.13. The number of hydrazone groups is 2. The van der Waals surface area contributed by atoms with Crippen molar-refractivity contribution in [3.63, 3.8) is 0 Å². The van der Waals surface area contributed by atoms with Crippen molar-refractivity contribution in [3.8, 4) is 11.5 Å². The minimum atomic E-state index is -0.324. The molecule has 0 saturated heterocycles. The van der Waals surface area contributed by atoms with Crippen LogP contribution in [0, 0.1) is 0 Å². The van der Waals surface area contributed by atoms with Crippen molar-refractivity contribution in [2.24, 2.45) is 10.2 Å². The van der Waals surface area contributed by atoms with Gasteiger partial charge in [-0.05, 0) is 53.6 Å². The number of carbonyl (C=O) groups excluding carboxylic acids is 1. The Labute approximate surface area is 175 Å². The van der Waals surface area contributed by atoms with E-state index in [1.54, 1.807) is 44.8 Å². The quantitative estimate of drug-likeness (QED) is 0.442. The predicted octanol–water partition coefficient (Wildman–Crippen LogP) is 3.91. The van der Waals surface area contributed by atoms with Gasteiger partial charge in [0.15, 0.2) is 0 Å². The van der Waals surface area contributed by atoms with Gasteiger partial charge in [0.05, 0.1) is 32.3 Å². The lowest BCUT2D eigenvalue weighted by Gasteiger charge is -2.04. The smallest absolute Gasteiger partial charge is 0.271 e. The van der Waals surface area contributed by atoms with E-state index in [2.05, 4.69) is 21.1 Å². The minimum absolute atomic E-state index is 0.324. The summed E-state index contributed by atoms with van der Waals surface area (Å²) in [6.07, 6.45) is 3.23. The second kappa shape index (κ2) is 10.4. The molecule has 152 valence electrons. The number of carbonyl (C=O) groups is 1. The summed E-state index contributed by atoms with van der Waals surface area (Å²) in [5.74, 6) is 1.15. The number of nitrogens with zero attached hydrogens (tertiary/aromatic N) is 2. The maximum absolute atomic E-state index is 12.3. The van der Waals surface area contributed by atoms with Gasteiger partial charge in [-0.1, -0.05) is 30.3 Å². The molecule has 0 heterocycles. The van der Waals surface area contributed by atoms with E-state index in [-0.39, 0.29) is 5.91 Å². The Morgan fingerprint density at radius 2 is 1.40 bits per heavy atom. The minimum Gasteiger partial charge on any atom is -0.497 e. The van der Waals surface area contributed by atoms with Crippen LogP contribution in [0.25, 0.3) is 0 Å². The number of anilines is 1. The van der Waals surface area contributed by atoms with E-state index < -0.39 is 0 Å². The molecule has 0 aliphatic carbocycles. The molecule has 3 rings (SSSR count). The second-order valence-electron chi connectivity index (χ2n) is 6.20. The first kappa shape index (κ1) is 20.6. The molecule has 0 spiro atoms. The van der Waals surface area contributed by atoms with Crippen LogP contribution < -0.4 is 20.3 Å². The number of benzene rings is 3. The van der Waals surface area contributed by atoms with Gasteiger partial charge >= 0.3 is 0 Å². The summed E-state index contributed by atoms with van der Waals surface area (Å²) < 4.78 is 10.4. The van der Waals surface area contributed by atoms with Gasteiger partial charge in [-0.2, -0.15) is 10.2 Å². The second-order valence-corrected chi connectivity index (χ2v) is 6.20. The topological polar surface area (TPSA) is 84.3 Å². The van der Waals surface area contributed by atoms with Crippen molar-refractivity contribution in [3.05, 3.63) is 89.5 Å². The average Bonchev–Trinajstić information content (AvgIpc) is 2.79. The normalized spacial score (nSPS) is 10.9. The predicted molar refractivity (Wildman–Crippen MR) is 119 cm³/mol. The molecule has 0 saturated carbocycles. The third-order valence-corrected chi connectivity index (χ3v) is 4.10. The van der Waals surface area contributed by atoms with Crippen LogP contribution >= 0.6 is 0 Å². The fourth-order valence-corrected chi connectivity index (χ4v) is 2.58. The molecule has 3 aromatic rings. The lowest BCUT2D eigenvalue weighted by Crippen LogP contribution is -2.17. The molecular weight excluding hydrogens is 380 g/mol. The fourth-order valence-electron chi connectivity index (χ4n) is 2.58. The largest absolute Gasteiger partial charge is 0.497 e. The molecule has 0 bridgehead atoms. The fraction of sp³-hybridized carbons (Fsp3) is 0.0870. The molecule has 0 aliphatic rings. The summed E-state index contributed by atoms with van der Waals surface area (Å²) in [5, 5.41) is 8.20. The summed E-state index contributed by atoms with van der Waals surface area (Å²) >= 11 is 0. The van der Waals surface area contributed by atoms with Gasteiger partial charge in [-0.15, -0.1) is 0 Å². The highest BCUT2D eigenvalue weighted by atomic mass is 16.5. The highest BCUT2D eigenvalue weighted by Gasteiger charge is 2.05. The molecule has 0 atom stereocenters. The van der Waals surface area contributed by atoms with Crippen molar-refractivity contribution in [1.29, 1.82) is 0 Å². The van der Waals surface area contributed by atoms with Gasteiger partial charge in [0.1, 0.15) is 11.5 Å². The van der Waals surface area contributed by atoms with E-state index in [9.17, 15) is 4.79 Å². The maximum atomic E-state index is 12.3. The summed E-state index contributed by atoms with van der Waals surface area (Å²) in [6, 6.07) is 21.9. The number of amides is 1. The molecule has 0 aromatic heterocycles. The Morgan fingerprint density at radius 3 is 2.03 bits per heavy atom. The molecular formula is C23H22N4O3. The van der Waals surface area contributed by atoms with Gasteiger partial charge in [0.25, 0.3) is 5.91 Å². The zero-order valence-electron chi connectivity index (χ0n) is 16.7. The molecule has 2 N–H and O–H groups in total. The Bertz CT molecular complexity index is 1060. The maximum Gasteiger partial charge on any atom is 0.271 e. The van der Waals surface area contributed by atoms with E-state index in [4.69, 9.17) is 9.47 Å². The van der Waals surface area contributed by atoms with Crippen LogP contribution in [0.15, 0.2) is 83.0 Å². The summed E-state index contributed by atoms with van der Waals surface area (Å²) in [5.41, 5.74) is 8.28. The van der Waals surface area contributed by atoms with Crippen molar-refractivity contribution in [1.82, 2.24) is 5.43 Å². The van der Waals surface area contributed by atoms with E-state index >= 15 is 0 Å². The number of hydrogen-bond donors (Lipinski definition) is 2. The number of nitrogens with one attached hydrogen (secondary N) is 2. The lowest BCUT2D eigenvalue weighted by atomic mass is 10.2. The molecule has 0 radical (unpaired) electrons. The third kappa shape index (κ3) is 5.93. The first-order valence-electron chi connectivity index (χ1n) is 9.18. The molecule has 7 heteroatoms. The van der Waals surface area contributed by atoms with Crippen LogP contribution in [-0.4, -0.2) is 32.6 Å². The highest BCUT2D eigenvalue weighted by molar-refractivity contribution is 5.95. The van der Waals surface area contributed by atoms with Crippen LogP contribution in [0.5, 0.6) is 11.5 Å². The molecule has 1 amide bonds. The Morgan fingerprint density at radius 1 is 0.800 bits per heavy atom. The van der Waals surface area contributed by atoms with Gasteiger partial charge in [0, 0.05) is 5.56 Å². The molecule has 0 unspecified atom stereocenters. The van der Waals surface area contributed by atoms with Crippen LogP contribution in [0.4, 0.5) is 5.69 Å². The molecule has 30 heavy (non-hydrogen) atoms. The third-order valence-electron chi connectivity index (χ3n) is 4.10. The van der Waals surface area contributed by atoms with Crippen molar-refractivity contribution < 1.29 is 14.3 Å². The number of hydrogen-bond acceptors (Lipinski definition) is 6. The number of methoxy groups -OCH3 is 2. The van der Waals surface area contributed by atoms with E-state index in [0.717, 1.165) is 22.6 Å². The van der Waals surface area contributed by atoms with E-state index in [0.29, 0.717) is 11.3 Å². The molecule has 7 nitrogen and oxygen atoms in total. The summed E-state index contributed by atoms with van der Waals surface area (Å²) in [4.78, 5) is 12.3. The molecule has 3 aromatic carbocycles. The Balaban J connectivity index is 1.59. The van der Waals surface area contributed by atoms with Crippen molar-refractivity contribution in [2.45, 2.75) is 0 Å². The SMILES string of the molecule is COc1cccc(/C=N/NC(=O)c2cccc(N/N=C/c3cccc(OC)c3)c2)c1. The van der Waals surface area contributed by atoms with E-state index in [1.807, 2.05) is 54.6 Å². The monoisotopic (exact) mass is 402 g/mol. The standard InChI is InChI=1S/C23H22N4O3/c1-29-21-10-3-6-17(12-21)15-24-26-20-9-5-8-19(14-20)23(28)27-25-16-18-7-4-11-22(13-18)30-2/h3-16,26H,1-2H3,(H,27,28)/b24-15+,25-16+. The van der Waals surface area contributed by atoms with Crippen LogP contribution in [-0.2, 0) is 0 Å². The Kier molecular flexibility index (Phi) is 7.16. The number of ether oxygens (including phenoxy) is 2. The van der Waals surface area contributed by atoms with Gasteiger partial charge < -0.3 is 9.47 Å². The number of rotatable bonds is 8. The lowest BCUT2D eigenvalue weighted by molar-refractivity contribution is 0.0955. The first-order chi connectivity index (χ1) is 14.7. The first-order valence-corrected chi connectivity index (χ1v) is 9.18. The van der Waals surface area contributed by atoms with Gasteiger partial charge in [-0.3, -0.25) is 10.2 Å². The summed E-state index contributed by atoms with van der Waals surface area (Å²) in [6.45, 7) is 0. The van der Waals surface area contributed by atoms with Gasteiger partial charge in [0.2, 0.25) is 0 Å². The van der Waals surface area contributed by atoms with E-state index in [1.165, 1.54) is 0 Å². The van der Waals surface area contributed by atoms with Crippen LogP contribution in [0.2, 0.25) is 0 Å². The summed E-state index contributed by atoms with van der Waals surface area (Å²) in [7, 11) is 3.21. The molecule has 0 aliphatic heterocycles. The average molecular weight is 402 g/mol. The van der Waals surface area contributed by atoms with Crippen molar-refractivity contribution in [2.75, 3.05) is 19.6 Å². The zero-order valence-corrected chi connectivity index (χ0v) is 16.7. The van der Waals surface area contributed by atoms with Crippen LogP contribution in [0.1, 0.15) is 21.5 Å². The van der Waals surface area contributed by atoms with Crippen molar-refractivity contribution >= 4 is 24.0 Å².